The molecule has 1 rings (SSSR count). The maximum absolute atomic E-state index is 5.82. The zero-order chi connectivity index (χ0) is 9.68. The van der Waals surface area contributed by atoms with E-state index < -0.39 is 0 Å². The van der Waals surface area contributed by atoms with Crippen molar-refractivity contribution in [3.05, 3.63) is 0 Å². The highest BCUT2D eigenvalue weighted by Crippen LogP contribution is 2.33. The van der Waals surface area contributed by atoms with E-state index in [0.29, 0.717) is 6.10 Å². The van der Waals surface area contributed by atoms with Crippen LogP contribution in [0.4, 0.5) is 0 Å². The summed E-state index contributed by atoms with van der Waals surface area (Å²) in [5.74, 6) is 1.73. The van der Waals surface area contributed by atoms with Gasteiger partial charge in [-0.2, -0.15) is 0 Å². The maximum Gasteiger partial charge on any atom is 0.0605 e. The van der Waals surface area contributed by atoms with Crippen LogP contribution in [0.5, 0.6) is 0 Å². The Bertz CT molecular complexity index is 133. The Morgan fingerprint density at radius 3 is 2.62 bits per heavy atom. The van der Waals surface area contributed by atoms with Crippen molar-refractivity contribution in [2.45, 2.75) is 59.0 Å². The van der Waals surface area contributed by atoms with Gasteiger partial charge in [0.05, 0.1) is 6.10 Å². The molecule has 0 bridgehead atoms. The van der Waals surface area contributed by atoms with Crippen molar-refractivity contribution in [3.63, 3.8) is 0 Å². The molecule has 0 aromatic carbocycles. The zero-order valence-corrected chi connectivity index (χ0v) is 9.38. The van der Waals surface area contributed by atoms with Gasteiger partial charge in [-0.1, -0.05) is 26.7 Å². The molecule has 1 aliphatic carbocycles. The molecule has 1 aliphatic rings. The van der Waals surface area contributed by atoms with Crippen LogP contribution in [0.1, 0.15) is 52.9 Å². The van der Waals surface area contributed by atoms with Crippen LogP contribution in [0.2, 0.25) is 0 Å². The number of rotatable bonds is 4. The summed E-state index contributed by atoms with van der Waals surface area (Å²) in [6.07, 6.45) is 7.32. The van der Waals surface area contributed by atoms with E-state index in [1.54, 1.807) is 0 Å². The molecule has 0 radical (unpaired) electrons. The fourth-order valence-corrected chi connectivity index (χ4v) is 2.51. The topological polar surface area (TPSA) is 9.23 Å². The molecule has 0 N–H and O–H groups in total. The van der Waals surface area contributed by atoms with Gasteiger partial charge in [0, 0.05) is 6.61 Å². The normalized spacial score (nSPS) is 34.8. The fraction of sp³-hybridized carbons (Fsp3) is 1.00. The van der Waals surface area contributed by atoms with Crippen LogP contribution in [0.3, 0.4) is 0 Å². The first-order chi connectivity index (χ1) is 6.27. The Hall–Kier alpha value is -0.0400. The molecule has 0 aromatic rings. The summed E-state index contributed by atoms with van der Waals surface area (Å²) in [7, 11) is 0. The Labute approximate surface area is 82.9 Å². The Kier molecular flexibility index (Phi) is 4.79. The van der Waals surface area contributed by atoms with Gasteiger partial charge in [0.25, 0.3) is 0 Å². The molecule has 0 aliphatic heterocycles. The quantitative estimate of drug-likeness (QED) is 0.648. The summed E-state index contributed by atoms with van der Waals surface area (Å²) in [5.41, 5.74) is 0. The second-order valence-electron chi connectivity index (χ2n) is 4.46. The van der Waals surface area contributed by atoms with Gasteiger partial charge in [-0.25, -0.2) is 0 Å². The molecule has 0 heterocycles. The average Bonchev–Trinajstić information content (AvgIpc) is 2.10. The van der Waals surface area contributed by atoms with Crippen LogP contribution in [-0.4, -0.2) is 12.7 Å². The highest BCUT2D eigenvalue weighted by Gasteiger charge is 2.27. The van der Waals surface area contributed by atoms with Gasteiger partial charge < -0.3 is 4.74 Å². The van der Waals surface area contributed by atoms with Gasteiger partial charge in [-0.15, -0.1) is 0 Å². The van der Waals surface area contributed by atoms with Crippen LogP contribution in [-0.2, 0) is 4.74 Å². The fourth-order valence-electron chi connectivity index (χ4n) is 2.51. The lowest BCUT2D eigenvalue weighted by molar-refractivity contribution is -0.0205. The molecule has 78 valence electrons. The third-order valence-electron chi connectivity index (χ3n) is 3.23. The molecular formula is C12H24O. The van der Waals surface area contributed by atoms with E-state index in [9.17, 15) is 0 Å². The highest BCUT2D eigenvalue weighted by molar-refractivity contribution is 4.78. The first-order valence-electron chi connectivity index (χ1n) is 5.89. The van der Waals surface area contributed by atoms with E-state index in [2.05, 4.69) is 20.8 Å². The molecule has 3 atom stereocenters. The largest absolute Gasteiger partial charge is 0.378 e. The minimum atomic E-state index is 0.564. The minimum Gasteiger partial charge on any atom is -0.378 e. The van der Waals surface area contributed by atoms with Crippen LogP contribution in [0.15, 0.2) is 0 Å². The Morgan fingerprint density at radius 2 is 2.00 bits per heavy atom. The lowest BCUT2D eigenvalue weighted by Gasteiger charge is -2.34. The molecule has 0 amide bonds. The van der Waals surface area contributed by atoms with Crippen molar-refractivity contribution in [1.29, 1.82) is 0 Å². The van der Waals surface area contributed by atoms with Crippen molar-refractivity contribution in [3.8, 4) is 0 Å². The molecule has 1 nitrogen and oxygen atoms in total. The number of hydrogen-bond donors (Lipinski definition) is 0. The highest BCUT2D eigenvalue weighted by atomic mass is 16.5. The summed E-state index contributed by atoms with van der Waals surface area (Å²) >= 11 is 0. The van der Waals surface area contributed by atoms with E-state index in [1.807, 2.05) is 0 Å². The minimum absolute atomic E-state index is 0.564. The van der Waals surface area contributed by atoms with Crippen LogP contribution < -0.4 is 0 Å². The summed E-state index contributed by atoms with van der Waals surface area (Å²) in [6, 6.07) is 0. The van der Waals surface area contributed by atoms with E-state index in [1.165, 1.54) is 32.1 Å². The smallest absolute Gasteiger partial charge is 0.0605 e. The van der Waals surface area contributed by atoms with Crippen molar-refractivity contribution < 1.29 is 4.74 Å². The van der Waals surface area contributed by atoms with E-state index in [4.69, 9.17) is 4.74 Å². The molecule has 1 fully saturated rings. The third-order valence-corrected chi connectivity index (χ3v) is 3.23. The maximum atomic E-state index is 5.82. The third kappa shape index (κ3) is 3.30. The summed E-state index contributed by atoms with van der Waals surface area (Å²) < 4.78 is 5.82. The Balaban J connectivity index is 2.40. The second kappa shape index (κ2) is 5.64. The molecule has 0 spiro atoms. The standard InChI is InChI=1S/C12H24O/c1-4-6-11-8-7-10(3)9-12(11)13-5-2/h10-12H,4-9H2,1-3H3. The molecule has 0 saturated heterocycles. The van der Waals surface area contributed by atoms with Gasteiger partial charge in [0.15, 0.2) is 0 Å². The SMILES string of the molecule is CCCC1CCC(C)CC1OCC. The van der Waals surface area contributed by atoms with Crippen LogP contribution in [0.25, 0.3) is 0 Å². The monoisotopic (exact) mass is 184 g/mol. The average molecular weight is 184 g/mol. The zero-order valence-electron chi connectivity index (χ0n) is 9.38. The number of ether oxygens (including phenoxy) is 1. The van der Waals surface area contributed by atoms with Crippen molar-refractivity contribution in [2.24, 2.45) is 11.8 Å². The second-order valence-corrected chi connectivity index (χ2v) is 4.46. The van der Waals surface area contributed by atoms with Crippen molar-refractivity contribution in [2.75, 3.05) is 6.61 Å². The van der Waals surface area contributed by atoms with E-state index >= 15 is 0 Å². The van der Waals surface area contributed by atoms with Crippen molar-refractivity contribution in [1.82, 2.24) is 0 Å². The summed E-state index contributed by atoms with van der Waals surface area (Å²) in [6.45, 7) is 7.63. The van der Waals surface area contributed by atoms with Gasteiger partial charge >= 0.3 is 0 Å². The van der Waals surface area contributed by atoms with Gasteiger partial charge in [-0.3, -0.25) is 0 Å². The summed E-state index contributed by atoms with van der Waals surface area (Å²) in [5, 5.41) is 0. The van der Waals surface area contributed by atoms with Gasteiger partial charge in [0.2, 0.25) is 0 Å². The predicted molar refractivity (Wildman–Crippen MR) is 56.8 cm³/mol. The van der Waals surface area contributed by atoms with Gasteiger partial charge in [-0.05, 0) is 38.0 Å². The molecule has 1 heteroatoms. The lowest BCUT2D eigenvalue weighted by Crippen LogP contribution is -2.31. The molecule has 13 heavy (non-hydrogen) atoms. The first kappa shape index (κ1) is 11.0. The van der Waals surface area contributed by atoms with Crippen LogP contribution >= 0.6 is 0 Å². The van der Waals surface area contributed by atoms with Gasteiger partial charge in [0.1, 0.15) is 0 Å². The van der Waals surface area contributed by atoms with E-state index in [-0.39, 0.29) is 0 Å². The number of hydrogen-bond acceptors (Lipinski definition) is 1. The first-order valence-corrected chi connectivity index (χ1v) is 5.89. The molecular weight excluding hydrogens is 160 g/mol. The predicted octanol–water partition coefficient (Wildman–Crippen LogP) is 3.63. The summed E-state index contributed by atoms with van der Waals surface area (Å²) in [4.78, 5) is 0. The lowest BCUT2D eigenvalue weighted by atomic mass is 9.78. The van der Waals surface area contributed by atoms with Crippen molar-refractivity contribution >= 4 is 0 Å². The molecule has 1 saturated carbocycles. The Morgan fingerprint density at radius 1 is 1.23 bits per heavy atom. The molecule has 0 aromatic heterocycles. The van der Waals surface area contributed by atoms with E-state index in [0.717, 1.165) is 18.4 Å². The van der Waals surface area contributed by atoms with Crippen LogP contribution in [0, 0.1) is 11.8 Å². The molecule has 3 unspecified atom stereocenters.